The SMILES string of the molecule is CS(=S)NCc1ccccc1-n1cncn1. The maximum Gasteiger partial charge on any atom is 0.138 e. The van der Waals surface area contributed by atoms with Crippen molar-refractivity contribution in [3.8, 4) is 5.69 Å². The summed E-state index contributed by atoms with van der Waals surface area (Å²) in [6, 6.07) is 8.07. The number of hydrogen-bond donors (Lipinski definition) is 1. The Morgan fingerprint density at radius 1 is 1.44 bits per heavy atom. The molecular formula is C10H12N4S2. The zero-order valence-corrected chi connectivity index (χ0v) is 10.5. The molecule has 2 rings (SSSR count). The van der Waals surface area contributed by atoms with Gasteiger partial charge < -0.3 is 0 Å². The molecule has 0 aliphatic rings. The standard InChI is InChI=1S/C10H12N4S2/c1-16(15)13-6-9-4-2-3-5-10(9)14-8-11-7-12-14/h2-5,7-8,13H,6H2,1H3. The van der Waals surface area contributed by atoms with Gasteiger partial charge in [0.15, 0.2) is 0 Å². The van der Waals surface area contributed by atoms with Gasteiger partial charge in [0.25, 0.3) is 0 Å². The van der Waals surface area contributed by atoms with Gasteiger partial charge in [0, 0.05) is 6.54 Å². The minimum atomic E-state index is -0.183. The molecule has 84 valence electrons. The van der Waals surface area contributed by atoms with Gasteiger partial charge in [-0.1, -0.05) is 27.8 Å². The van der Waals surface area contributed by atoms with Crippen molar-refractivity contribution in [2.75, 3.05) is 6.26 Å². The van der Waals surface area contributed by atoms with Gasteiger partial charge in [0.05, 0.1) is 5.69 Å². The van der Waals surface area contributed by atoms with Crippen molar-refractivity contribution in [2.45, 2.75) is 6.54 Å². The number of benzene rings is 1. The Bertz CT molecular complexity index is 481. The van der Waals surface area contributed by atoms with E-state index in [9.17, 15) is 0 Å². The highest BCUT2D eigenvalue weighted by atomic mass is 32.8. The third-order valence-electron chi connectivity index (χ3n) is 2.12. The normalized spacial score (nSPS) is 12.6. The molecule has 16 heavy (non-hydrogen) atoms. The van der Waals surface area contributed by atoms with Crippen LogP contribution >= 0.6 is 0 Å². The van der Waals surface area contributed by atoms with Crippen LogP contribution in [0.1, 0.15) is 5.56 Å². The topological polar surface area (TPSA) is 42.7 Å². The van der Waals surface area contributed by atoms with Gasteiger partial charge in [-0.2, -0.15) is 5.10 Å². The molecule has 0 saturated carbocycles. The maximum atomic E-state index is 5.10. The molecule has 0 aliphatic carbocycles. The number of para-hydroxylation sites is 1. The highest BCUT2D eigenvalue weighted by Crippen LogP contribution is 2.12. The lowest BCUT2D eigenvalue weighted by molar-refractivity contribution is 0.847. The second kappa shape index (κ2) is 5.29. The van der Waals surface area contributed by atoms with Crippen molar-refractivity contribution in [1.82, 2.24) is 19.5 Å². The molecule has 0 saturated heterocycles. The van der Waals surface area contributed by atoms with E-state index in [1.165, 1.54) is 6.33 Å². The predicted molar refractivity (Wildman–Crippen MR) is 68.9 cm³/mol. The number of rotatable bonds is 4. The van der Waals surface area contributed by atoms with E-state index in [1.54, 1.807) is 11.0 Å². The summed E-state index contributed by atoms with van der Waals surface area (Å²) in [5.41, 5.74) is 2.20. The lowest BCUT2D eigenvalue weighted by Gasteiger charge is -2.09. The Balaban J connectivity index is 2.27. The number of nitrogens with zero attached hydrogens (tertiary/aromatic N) is 3. The minimum Gasteiger partial charge on any atom is -0.257 e. The molecule has 0 amide bonds. The van der Waals surface area contributed by atoms with Crippen molar-refractivity contribution in [3.05, 3.63) is 42.5 Å². The number of aromatic nitrogens is 3. The Morgan fingerprint density at radius 2 is 2.25 bits per heavy atom. The van der Waals surface area contributed by atoms with Crippen LogP contribution in [0.5, 0.6) is 0 Å². The summed E-state index contributed by atoms with van der Waals surface area (Å²) in [7, 11) is -0.183. The van der Waals surface area contributed by atoms with E-state index < -0.39 is 0 Å². The van der Waals surface area contributed by atoms with Gasteiger partial charge in [-0.15, -0.1) is 0 Å². The molecule has 0 aliphatic heterocycles. The van der Waals surface area contributed by atoms with Crippen molar-refractivity contribution < 1.29 is 0 Å². The monoisotopic (exact) mass is 252 g/mol. The third-order valence-corrected chi connectivity index (χ3v) is 3.03. The minimum absolute atomic E-state index is 0.183. The van der Waals surface area contributed by atoms with Crippen LogP contribution in [0.25, 0.3) is 5.69 Å². The summed E-state index contributed by atoms with van der Waals surface area (Å²) in [5.74, 6) is 0. The van der Waals surface area contributed by atoms with Crippen LogP contribution in [0.4, 0.5) is 0 Å². The van der Waals surface area contributed by atoms with E-state index in [0.29, 0.717) is 0 Å². The second-order valence-corrected chi connectivity index (χ2v) is 5.94. The molecule has 0 bridgehead atoms. The van der Waals surface area contributed by atoms with Gasteiger partial charge in [-0.3, -0.25) is 4.72 Å². The Hall–Kier alpha value is -1.11. The van der Waals surface area contributed by atoms with Crippen LogP contribution in [0, 0.1) is 0 Å². The van der Waals surface area contributed by atoms with Crippen LogP contribution in [-0.4, -0.2) is 21.0 Å². The average Bonchev–Trinajstić information content (AvgIpc) is 2.80. The first kappa shape index (κ1) is 11.4. The van der Waals surface area contributed by atoms with Gasteiger partial charge >= 0.3 is 0 Å². The van der Waals surface area contributed by atoms with Crippen molar-refractivity contribution in [3.63, 3.8) is 0 Å². The fraction of sp³-hybridized carbons (Fsp3) is 0.200. The Kier molecular flexibility index (Phi) is 3.76. The van der Waals surface area contributed by atoms with Crippen LogP contribution < -0.4 is 4.72 Å². The Labute approximate surface area is 101 Å². The molecule has 4 nitrogen and oxygen atoms in total. The first-order valence-electron chi connectivity index (χ1n) is 4.77. The highest BCUT2D eigenvalue weighted by Gasteiger charge is 2.03. The van der Waals surface area contributed by atoms with Crippen molar-refractivity contribution in [1.29, 1.82) is 0 Å². The molecule has 1 N–H and O–H groups in total. The lowest BCUT2D eigenvalue weighted by atomic mass is 10.2. The molecule has 0 fully saturated rings. The van der Waals surface area contributed by atoms with Crippen molar-refractivity contribution in [2.24, 2.45) is 0 Å². The third kappa shape index (κ3) is 2.72. The van der Waals surface area contributed by atoms with E-state index in [1.807, 2.05) is 24.5 Å². The fourth-order valence-corrected chi connectivity index (χ4v) is 1.93. The molecular weight excluding hydrogens is 240 g/mol. The van der Waals surface area contributed by atoms with Gasteiger partial charge in [-0.05, 0) is 29.1 Å². The largest absolute Gasteiger partial charge is 0.257 e. The van der Waals surface area contributed by atoms with Crippen LogP contribution in [0.3, 0.4) is 0 Å². The van der Waals surface area contributed by atoms with Gasteiger partial charge in [-0.25, -0.2) is 9.67 Å². The molecule has 1 heterocycles. The molecule has 1 aromatic carbocycles. The number of nitrogens with one attached hydrogen (secondary N) is 1. The van der Waals surface area contributed by atoms with Gasteiger partial charge in [0.1, 0.15) is 12.7 Å². The lowest BCUT2D eigenvalue weighted by Crippen LogP contribution is -2.15. The molecule has 1 unspecified atom stereocenters. The highest BCUT2D eigenvalue weighted by molar-refractivity contribution is 8.27. The zero-order valence-electron chi connectivity index (χ0n) is 8.83. The molecule has 2 aromatic rings. The van der Waals surface area contributed by atoms with Crippen LogP contribution in [-0.2, 0) is 27.4 Å². The van der Waals surface area contributed by atoms with E-state index in [0.717, 1.165) is 17.8 Å². The summed E-state index contributed by atoms with van der Waals surface area (Å²) in [4.78, 5) is 3.95. The van der Waals surface area contributed by atoms with E-state index >= 15 is 0 Å². The van der Waals surface area contributed by atoms with Crippen molar-refractivity contribution >= 4 is 20.8 Å². The molecule has 0 radical (unpaired) electrons. The number of hydrogen-bond acceptors (Lipinski definition) is 3. The van der Waals surface area contributed by atoms with E-state index in [2.05, 4.69) is 20.9 Å². The quantitative estimate of drug-likeness (QED) is 0.881. The summed E-state index contributed by atoms with van der Waals surface area (Å²) in [6.07, 6.45) is 5.20. The summed E-state index contributed by atoms with van der Waals surface area (Å²) < 4.78 is 5.00. The first-order valence-corrected chi connectivity index (χ1v) is 7.33. The van der Waals surface area contributed by atoms with E-state index in [-0.39, 0.29) is 9.64 Å². The Morgan fingerprint density at radius 3 is 2.94 bits per heavy atom. The van der Waals surface area contributed by atoms with E-state index in [4.69, 9.17) is 11.2 Å². The first-order chi connectivity index (χ1) is 7.77. The predicted octanol–water partition coefficient (Wildman–Crippen LogP) is 0.982. The smallest absolute Gasteiger partial charge is 0.138 e. The fourth-order valence-electron chi connectivity index (χ4n) is 1.40. The summed E-state index contributed by atoms with van der Waals surface area (Å²) in [6.45, 7) is 0.749. The molecule has 1 aromatic heterocycles. The average molecular weight is 252 g/mol. The second-order valence-electron chi connectivity index (χ2n) is 3.24. The maximum absolute atomic E-state index is 5.10. The van der Waals surface area contributed by atoms with Crippen LogP contribution in [0.15, 0.2) is 36.9 Å². The summed E-state index contributed by atoms with van der Waals surface area (Å²) in [5, 5.41) is 4.13. The molecule has 0 spiro atoms. The van der Waals surface area contributed by atoms with Crippen LogP contribution in [0.2, 0.25) is 0 Å². The van der Waals surface area contributed by atoms with Gasteiger partial charge in [0.2, 0.25) is 0 Å². The zero-order chi connectivity index (χ0) is 11.4. The molecule has 1 atom stereocenters. The summed E-state index contributed by atoms with van der Waals surface area (Å²) >= 11 is 5.10. The molecule has 6 heteroatoms.